The molecule has 1 saturated heterocycles. The maximum Gasteiger partial charge on any atom is 0.264 e. The van der Waals surface area contributed by atoms with Gasteiger partial charge in [-0.1, -0.05) is 18.2 Å². The minimum Gasteiger partial charge on any atom is -0.394 e. The predicted octanol–water partition coefficient (Wildman–Crippen LogP) is 2.89. The summed E-state index contributed by atoms with van der Waals surface area (Å²) in [5.41, 5.74) is 0. The van der Waals surface area contributed by atoms with Crippen LogP contribution in [0, 0.1) is 0 Å². The van der Waals surface area contributed by atoms with Gasteiger partial charge in [0.2, 0.25) is 0 Å². The number of nitrogens with zero attached hydrogens (tertiary/aromatic N) is 1. The molecule has 1 aromatic heterocycles. The highest BCUT2D eigenvalue weighted by Gasteiger charge is 2.27. The smallest absolute Gasteiger partial charge is 0.264 e. The number of amides is 1. The van der Waals surface area contributed by atoms with E-state index < -0.39 is 0 Å². The lowest BCUT2D eigenvalue weighted by molar-refractivity contribution is 0.0508. The summed E-state index contributed by atoms with van der Waals surface area (Å²) >= 11 is 1.54. The molecule has 19 heavy (non-hydrogen) atoms. The lowest BCUT2D eigenvalue weighted by atomic mass is 10.0. The van der Waals surface area contributed by atoms with E-state index in [1.165, 1.54) is 11.3 Å². The molecule has 2 heterocycles. The first-order valence-corrected chi connectivity index (χ1v) is 7.51. The van der Waals surface area contributed by atoms with E-state index in [0.29, 0.717) is 0 Å². The van der Waals surface area contributed by atoms with Gasteiger partial charge < -0.3 is 10.0 Å². The maximum absolute atomic E-state index is 12.6. The van der Waals surface area contributed by atoms with E-state index in [9.17, 15) is 9.90 Å². The van der Waals surface area contributed by atoms with Crippen LogP contribution < -0.4 is 0 Å². The average Bonchev–Trinajstić information content (AvgIpc) is 2.90. The summed E-state index contributed by atoms with van der Waals surface area (Å²) in [6.07, 6.45) is 3.04. The minimum atomic E-state index is -0.00791. The number of likely N-dealkylation sites (tertiary alicyclic amines) is 1. The molecule has 1 amide bonds. The van der Waals surface area contributed by atoms with Crippen molar-refractivity contribution in [2.45, 2.75) is 25.3 Å². The molecule has 1 aromatic carbocycles. The van der Waals surface area contributed by atoms with Crippen molar-refractivity contribution in [2.24, 2.45) is 0 Å². The minimum absolute atomic E-state index is 0.00791. The van der Waals surface area contributed by atoms with Crippen molar-refractivity contribution in [3.63, 3.8) is 0 Å². The van der Waals surface area contributed by atoms with Crippen LogP contribution >= 0.6 is 11.3 Å². The molecule has 100 valence electrons. The van der Waals surface area contributed by atoms with Crippen molar-refractivity contribution in [1.29, 1.82) is 0 Å². The first kappa shape index (κ1) is 12.6. The van der Waals surface area contributed by atoms with Gasteiger partial charge in [0.15, 0.2) is 0 Å². The number of carbonyl (C=O) groups excluding carboxylic acids is 1. The van der Waals surface area contributed by atoms with Gasteiger partial charge >= 0.3 is 0 Å². The summed E-state index contributed by atoms with van der Waals surface area (Å²) in [7, 11) is 0. The Morgan fingerprint density at radius 1 is 1.37 bits per heavy atom. The van der Waals surface area contributed by atoms with Crippen LogP contribution in [0.2, 0.25) is 0 Å². The van der Waals surface area contributed by atoms with Gasteiger partial charge in [0, 0.05) is 11.2 Å². The predicted molar refractivity (Wildman–Crippen MR) is 77.6 cm³/mol. The number of carbonyl (C=O) groups is 1. The molecule has 0 saturated carbocycles. The van der Waals surface area contributed by atoms with E-state index >= 15 is 0 Å². The largest absolute Gasteiger partial charge is 0.394 e. The van der Waals surface area contributed by atoms with Crippen LogP contribution in [0.3, 0.4) is 0 Å². The van der Waals surface area contributed by atoms with Gasteiger partial charge in [-0.25, -0.2) is 0 Å². The van der Waals surface area contributed by atoms with Gasteiger partial charge in [0.1, 0.15) is 0 Å². The Kier molecular flexibility index (Phi) is 3.53. The lowest BCUT2D eigenvalue weighted by Crippen LogP contribution is -2.45. The van der Waals surface area contributed by atoms with Crippen molar-refractivity contribution in [3.05, 3.63) is 35.2 Å². The quantitative estimate of drug-likeness (QED) is 0.915. The molecule has 1 aliphatic heterocycles. The number of aliphatic hydroxyl groups excluding tert-OH is 1. The van der Waals surface area contributed by atoms with Crippen molar-refractivity contribution in [3.8, 4) is 0 Å². The SMILES string of the molecule is O=C(c1cc2ccccc2s1)N1CCCCC1CO. The van der Waals surface area contributed by atoms with Gasteiger partial charge in [-0.3, -0.25) is 4.79 Å². The second kappa shape index (κ2) is 5.31. The molecule has 0 bridgehead atoms. The Balaban J connectivity index is 1.89. The van der Waals surface area contributed by atoms with E-state index in [1.807, 2.05) is 35.2 Å². The van der Waals surface area contributed by atoms with Crippen LogP contribution in [0.1, 0.15) is 28.9 Å². The van der Waals surface area contributed by atoms with Crippen molar-refractivity contribution < 1.29 is 9.90 Å². The number of rotatable bonds is 2. The van der Waals surface area contributed by atoms with Crippen LogP contribution in [0.15, 0.2) is 30.3 Å². The van der Waals surface area contributed by atoms with E-state index in [0.717, 1.165) is 40.8 Å². The third-order valence-corrected chi connectivity index (χ3v) is 4.84. The molecule has 0 aliphatic carbocycles. The second-order valence-electron chi connectivity index (χ2n) is 4.98. The van der Waals surface area contributed by atoms with E-state index in [-0.39, 0.29) is 18.6 Å². The fourth-order valence-corrected chi connectivity index (χ4v) is 3.71. The molecule has 1 aliphatic rings. The van der Waals surface area contributed by atoms with Gasteiger partial charge in [0.05, 0.1) is 17.5 Å². The Morgan fingerprint density at radius 3 is 3.00 bits per heavy atom. The summed E-state index contributed by atoms with van der Waals surface area (Å²) in [4.78, 5) is 15.2. The molecule has 1 N–H and O–H groups in total. The Labute approximate surface area is 116 Å². The highest BCUT2D eigenvalue weighted by atomic mass is 32.1. The molecule has 4 heteroatoms. The number of piperidine rings is 1. The molecule has 3 rings (SSSR count). The van der Waals surface area contributed by atoms with Crippen molar-refractivity contribution in [1.82, 2.24) is 4.90 Å². The summed E-state index contributed by atoms with van der Waals surface area (Å²) < 4.78 is 1.14. The number of hydrogen-bond acceptors (Lipinski definition) is 3. The average molecular weight is 275 g/mol. The zero-order valence-corrected chi connectivity index (χ0v) is 11.5. The third kappa shape index (κ3) is 2.38. The fourth-order valence-electron chi connectivity index (χ4n) is 2.69. The van der Waals surface area contributed by atoms with Gasteiger partial charge in [0.25, 0.3) is 5.91 Å². The Bertz CT molecular complexity index is 560. The fraction of sp³-hybridized carbons (Fsp3) is 0.400. The van der Waals surface area contributed by atoms with E-state index in [1.54, 1.807) is 0 Å². The Hall–Kier alpha value is -1.39. The molecule has 0 radical (unpaired) electrons. The topological polar surface area (TPSA) is 40.5 Å². The Morgan fingerprint density at radius 2 is 2.21 bits per heavy atom. The van der Waals surface area contributed by atoms with E-state index in [4.69, 9.17) is 0 Å². The van der Waals surface area contributed by atoms with Gasteiger partial charge in [-0.2, -0.15) is 0 Å². The van der Waals surface area contributed by atoms with Crippen LogP contribution in [-0.2, 0) is 0 Å². The van der Waals surface area contributed by atoms with Crippen molar-refractivity contribution >= 4 is 27.3 Å². The lowest BCUT2D eigenvalue weighted by Gasteiger charge is -2.34. The highest BCUT2D eigenvalue weighted by Crippen LogP contribution is 2.28. The molecule has 1 fully saturated rings. The van der Waals surface area contributed by atoms with Crippen LogP contribution in [0.5, 0.6) is 0 Å². The number of aliphatic hydroxyl groups is 1. The van der Waals surface area contributed by atoms with Gasteiger partial charge in [-0.15, -0.1) is 11.3 Å². The first-order chi connectivity index (χ1) is 9.29. The van der Waals surface area contributed by atoms with Crippen LogP contribution in [0.25, 0.3) is 10.1 Å². The van der Waals surface area contributed by atoms with E-state index in [2.05, 4.69) is 0 Å². The number of fused-ring (bicyclic) bond motifs is 1. The monoisotopic (exact) mass is 275 g/mol. The summed E-state index contributed by atoms with van der Waals surface area (Å²) in [5, 5.41) is 10.5. The number of benzene rings is 1. The normalized spacial score (nSPS) is 19.8. The molecule has 1 unspecified atom stereocenters. The summed E-state index contributed by atoms with van der Waals surface area (Å²) in [6.45, 7) is 0.828. The molecular weight excluding hydrogens is 258 g/mol. The molecule has 3 nitrogen and oxygen atoms in total. The number of hydrogen-bond donors (Lipinski definition) is 1. The number of thiophene rings is 1. The zero-order valence-electron chi connectivity index (χ0n) is 10.7. The van der Waals surface area contributed by atoms with Crippen LogP contribution in [-0.4, -0.2) is 35.1 Å². The molecular formula is C15H17NO2S. The zero-order chi connectivity index (χ0) is 13.2. The molecule has 1 atom stereocenters. The van der Waals surface area contributed by atoms with Gasteiger partial charge in [-0.05, 0) is 36.8 Å². The third-order valence-electron chi connectivity index (χ3n) is 3.74. The first-order valence-electron chi connectivity index (χ1n) is 6.70. The summed E-state index contributed by atoms with van der Waals surface area (Å²) in [6, 6.07) is 10.0. The highest BCUT2D eigenvalue weighted by molar-refractivity contribution is 7.20. The maximum atomic E-state index is 12.6. The van der Waals surface area contributed by atoms with Crippen LogP contribution in [0.4, 0.5) is 0 Å². The molecule has 2 aromatic rings. The standard InChI is InChI=1S/C15H17NO2S/c17-10-12-6-3-4-8-16(12)15(18)14-9-11-5-1-2-7-13(11)19-14/h1-2,5,7,9,12,17H,3-4,6,8,10H2. The molecule has 0 spiro atoms. The summed E-state index contributed by atoms with van der Waals surface area (Å²) in [5.74, 6) is 0.0694. The second-order valence-corrected chi connectivity index (χ2v) is 6.06. The van der Waals surface area contributed by atoms with Crippen molar-refractivity contribution in [2.75, 3.05) is 13.2 Å².